The zero-order valence-corrected chi connectivity index (χ0v) is 8.35. The third kappa shape index (κ3) is 1.84. The minimum Gasteiger partial charge on any atom is -0.465 e. The summed E-state index contributed by atoms with van der Waals surface area (Å²) in [6.45, 7) is 0. The predicted octanol–water partition coefficient (Wildman–Crippen LogP) is 1.67. The molecule has 1 atom stereocenters. The Morgan fingerprint density at radius 3 is 2.53 bits per heavy atom. The molecule has 1 heterocycles. The van der Waals surface area contributed by atoms with Crippen molar-refractivity contribution in [2.75, 3.05) is 7.11 Å². The van der Waals surface area contributed by atoms with E-state index < -0.39 is 22.6 Å². The summed E-state index contributed by atoms with van der Waals surface area (Å²) in [5, 5.41) is 10.1. The van der Waals surface area contributed by atoms with Gasteiger partial charge in [0.1, 0.15) is 0 Å². The summed E-state index contributed by atoms with van der Waals surface area (Å²) >= 11 is 0.527. The molecule has 0 spiro atoms. The average molecular weight is 240 g/mol. The second-order valence-corrected chi connectivity index (χ2v) is 3.61. The molecular formula is C8H7F3O3S. The van der Waals surface area contributed by atoms with Gasteiger partial charge in [0.25, 0.3) is 0 Å². The van der Waals surface area contributed by atoms with Gasteiger partial charge in [0, 0.05) is 0 Å². The summed E-state index contributed by atoms with van der Waals surface area (Å²) in [5.41, 5.74) is 0. The summed E-state index contributed by atoms with van der Waals surface area (Å²) in [5.74, 6) is -10.7. The van der Waals surface area contributed by atoms with Crippen molar-refractivity contribution in [1.29, 1.82) is 0 Å². The van der Waals surface area contributed by atoms with Crippen molar-refractivity contribution in [3.05, 3.63) is 22.4 Å². The molecule has 7 heteroatoms. The second-order valence-electron chi connectivity index (χ2n) is 2.67. The normalized spacial score (nSPS) is 15.8. The molecule has 0 saturated heterocycles. The van der Waals surface area contributed by atoms with Gasteiger partial charge in [-0.1, -0.05) is 6.07 Å². The first-order chi connectivity index (χ1) is 6.84. The van der Waals surface area contributed by atoms with Gasteiger partial charge in [-0.3, -0.25) is 0 Å². The van der Waals surface area contributed by atoms with Gasteiger partial charge >= 0.3 is 17.7 Å². The molecule has 0 fully saturated rings. The van der Waals surface area contributed by atoms with E-state index in [-0.39, 0.29) is 0 Å². The van der Waals surface area contributed by atoms with E-state index in [0.29, 0.717) is 18.4 Å². The first kappa shape index (κ1) is 12.0. The molecule has 0 amide bonds. The van der Waals surface area contributed by atoms with Crippen molar-refractivity contribution in [3.8, 4) is 0 Å². The van der Waals surface area contributed by atoms with Crippen molar-refractivity contribution in [2.45, 2.75) is 11.8 Å². The van der Waals surface area contributed by atoms with Gasteiger partial charge in [-0.2, -0.15) is 13.2 Å². The standard InChI is InChI=1S/C8H7F3O3S/c1-14-6(12)8(11,13)7(9,10)5-3-2-4-15-5/h2-4,13H,1H3. The molecule has 0 bridgehead atoms. The molecule has 1 aromatic rings. The Labute approximate surface area is 87.1 Å². The number of hydrogen-bond acceptors (Lipinski definition) is 4. The fourth-order valence-corrected chi connectivity index (χ4v) is 1.63. The Hall–Kier alpha value is -1.08. The maximum Gasteiger partial charge on any atom is 0.378 e. The molecule has 84 valence electrons. The van der Waals surface area contributed by atoms with Gasteiger partial charge in [0.15, 0.2) is 0 Å². The summed E-state index contributed by atoms with van der Waals surface area (Å²) in [7, 11) is 0.706. The van der Waals surface area contributed by atoms with Gasteiger partial charge in [0.2, 0.25) is 0 Å². The lowest BCUT2D eigenvalue weighted by atomic mass is 10.1. The topological polar surface area (TPSA) is 46.5 Å². The zero-order valence-electron chi connectivity index (χ0n) is 7.54. The van der Waals surface area contributed by atoms with Crippen LogP contribution in [0.2, 0.25) is 0 Å². The largest absolute Gasteiger partial charge is 0.465 e. The highest BCUT2D eigenvalue weighted by atomic mass is 32.1. The molecule has 3 nitrogen and oxygen atoms in total. The first-order valence-corrected chi connectivity index (χ1v) is 4.63. The first-order valence-electron chi connectivity index (χ1n) is 3.75. The van der Waals surface area contributed by atoms with Gasteiger partial charge in [-0.15, -0.1) is 11.3 Å². The van der Waals surface area contributed by atoms with Gasteiger partial charge in [-0.05, 0) is 11.4 Å². The number of hydrogen-bond donors (Lipinski definition) is 1. The highest BCUT2D eigenvalue weighted by Crippen LogP contribution is 2.42. The van der Waals surface area contributed by atoms with E-state index in [4.69, 9.17) is 5.11 Å². The van der Waals surface area contributed by atoms with Gasteiger partial charge < -0.3 is 9.84 Å². The third-order valence-electron chi connectivity index (χ3n) is 1.70. The van der Waals surface area contributed by atoms with Crippen LogP contribution in [-0.4, -0.2) is 24.0 Å². The van der Waals surface area contributed by atoms with E-state index >= 15 is 0 Å². The van der Waals surface area contributed by atoms with Crippen LogP contribution in [0.3, 0.4) is 0 Å². The van der Waals surface area contributed by atoms with Crippen LogP contribution in [0.4, 0.5) is 13.2 Å². The van der Waals surface area contributed by atoms with Crippen molar-refractivity contribution >= 4 is 17.3 Å². The monoisotopic (exact) mass is 240 g/mol. The van der Waals surface area contributed by atoms with E-state index in [9.17, 15) is 18.0 Å². The van der Waals surface area contributed by atoms with Crippen LogP contribution < -0.4 is 0 Å². The Morgan fingerprint density at radius 1 is 1.53 bits per heavy atom. The fourth-order valence-electron chi connectivity index (χ4n) is 0.884. The van der Waals surface area contributed by atoms with Gasteiger partial charge in [-0.25, -0.2) is 4.79 Å². The molecule has 1 rings (SSSR count). The number of carbonyl (C=O) groups is 1. The summed E-state index contributed by atoms with van der Waals surface area (Å²) < 4.78 is 43.5. The Bertz CT molecular complexity index is 348. The third-order valence-corrected chi connectivity index (χ3v) is 2.64. The van der Waals surface area contributed by atoms with Crippen LogP contribution in [0.1, 0.15) is 4.88 Å². The SMILES string of the molecule is COC(=O)C(O)(F)C(F)(F)c1cccs1. The van der Waals surface area contributed by atoms with Gasteiger partial charge in [0.05, 0.1) is 12.0 Å². The van der Waals surface area contributed by atoms with Crippen molar-refractivity contribution < 1.29 is 27.8 Å². The van der Waals surface area contributed by atoms with Crippen LogP contribution in [0, 0.1) is 0 Å². The summed E-state index contributed by atoms with van der Waals surface area (Å²) in [4.78, 5) is 9.90. The zero-order chi connectivity index (χ0) is 11.7. The molecule has 15 heavy (non-hydrogen) atoms. The number of esters is 1. The number of halogens is 3. The van der Waals surface area contributed by atoms with Crippen molar-refractivity contribution in [3.63, 3.8) is 0 Å². The average Bonchev–Trinajstić information content (AvgIpc) is 2.69. The van der Waals surface area contributed by atoms with E-state index in [1.807, 2.05) is 0 Å². The molecule has 0 aromatic carbocycles. The van der Waals surface area contributed by atoms with Crippen LogP contribution in [0.15, 0.2) is 17.5 Å². The van der Waals surface area contributed by atoms with Crippen LogP contribution >= 0.6 is 11.3 Å². The number of thiophene rings is 1. The Morgan fingerprint density at radius 2 is 2.13 bits per heavy atom. The lowest BCUT2D eigenvalue weighted by molar-refractivity contribution is -0.260. The smallest absolute Gasteiger partial charge is 0.378 e. The highest BCUT2D eigenvalue weighted by molar-refractivity contribution is 7.10. The van der Waals surface area contributed by atoms with Crippen molar-refractivity contribution in [2.24, 2.45) is 0 Å². The predicted molar refractivity (Wildman–Crippen MR) is 46.3 cm³/mol. The number of ether oxygens (including phenoxy) is 1. The molecule has 0 aliphatic rings. The molecule has 0 aliphatic heterocycles. The maximum atomic E-state index is 13.3. The minimum absolute atomic E-state index is 0.527. The summed E-state index contributed by atoms with van der Waals surface area (Å²) in [6.07, 6.45) is 0. The minimum atomic E-state index is -4.35. The quantitative estimate of drug-likeness (QED) is 0.817. The van der Waals surface area contributed by atoms with E-state index in [1.165, 1.54) is 11.4 Å². The van der Waals surface area contributed by atoms with Crippen LogP contribution in [0.5, 0.6) is 0 Å². The van der Waals surface area contributed by atoms with E-state index in [2.05, 4.69) is 4.74 Å². The second kappa shape index (κ2) is 3.82. The number of aliphatic hydroxyl groups is 1. The molecular weight excluding hydrogens is 233 g/mol. The van der Waals surface area contributed by atoms with Crippen LogP contribution in [-0.2, 0) is 15.5 Å². The molecule has 0 saturated carbocycles. The van der Waals surface area contributed by atoms with E-state index in [1.54, 1.807) is 0 Å². The van der Waals surface area contributed by atoms with Crippen LogP contribution in [0.25, 0.3) is 0 Å². The fraction of sp³-hybridized carbons (Fsp3) is 0.375. The molecule has 0 aliphatic carbocycles. The van der Waals surface area contributed by atoms with E-state index in [0.717, 1.165) is 6.07 Å². The molecule has 0 radical (unpaired) electrons. The number of carbonyl (C=O) groups excluding carboxylic acids is 1. The number of methoxy groups -OCH3 is 1. The Kier molecular flexibility index (Phi) is 3.05. The molecule has 1 aromatic heterocycles. The van der Waals surface area contributed by atoms with Crippen molar-refractivity contribution in [1.82, 2.24) is 0 Å². The highest BCUT2D eigenvalue weighted by Gasteiger charge is 2.62. The maximum absolute atomic E-state index is 13.3. The molecule has 1 N–H and O–H groups in total. The summed E-state index contributed by atoms with van der Waals surface area (Å²) in [6, 6.07) is 2.17. The number of rotatable bonds is 3. The Balaban J connectivity index is 3.10. The number of alkyl halides is 3. The lowest BCUT2D eigenvalue weighted by Crippen LogP contribution is -2.49. The molecule has 1 unspecified atom stereocenters. The lowest BCUT2D eigenvalue weighted by Gasteiger charge is -2.24.